The molecule has 0 spiro atoms. The van der Waals surface area contributed by atoms with Crippen LogP contribution >= 0.6 is 0 Å². The number of aryl methyl sites for hydroxylation is 1. The molecule has 0 aliphatic carbocycles. The van der Waals surface area contributed by atoms with Crippen molar-refractivity contribution in [3.8, 4) is 0 Å². The molecular weight excluding hydrogens is 279 g/mol. The van der Waals surface area contributed by atoms with E-state index in [4.69, 9.17) is 0 Å². The van der Waals surface area contributed by atoms with Gasteiger partial charge in [-0.2, -0.15) is 18.3 Å². The molecule has 1 aliphatic heterocycles. The van der Waals surface area contributed by atoms with E-state index >= 15 is 0 Å². The Hall–Kier alpha value is -1.85. The largest absolute Gasteiger partial charge is 0.416 e. The fourth-order valence-electron chi connectivity index (χ4n) is 2.67. The summed E-state index contributed by atoms with van der Waals surface area (Å²) >= 11 is 0. The topological polar surface area (TPSA) is 30.7 Å². The van der Waals surface area contributed by atoms with Crippen LogP contribution in [0.4, 0.5) is 13.2 Å². The first-order chi connectivity index (χ1) is 9.93. The van der Waals surface area contributed by atoms with E-state index in [2.05, 4.69) is 17.0 Å². The molecule has 0 N–H and O–H groups in total. The van der Waals surface area contributed by atoms with E-state index < -0.39 is 11.7 Å². The Morgan fingerprint density at radius 1 is 1.24 bits per heavy atom. The van der Waals surface area contributed by atoms with Crippen molar-refractivity contribution in [1.82, 2.24) is 14.8 Å². The van der Waals surface area contributed by atoms with Gasteiger partial charge in [0.05, 0.1) is 11.6 Å². The van der Waals surface area contributed by atoms with Gasteiger partial charge in [-0.15, -0.1) is 0 Å². The number of hydrogen-bond acceptors (Lipinski definition) is 2. The quantitative estimate of drug-likeness (QED) is 0.844. The summed E-state index contributed by atoms with van der Waals surface area (Å²) in [7, 11) is 0. The molecule has 21 heavy (non-hydrogen) atoms. The van der Waals surface area contributed by atoms with Crippen LogP contribution in [0.15, 0.2) is 24.3 Å². The number of halogens is 3. The minimum absolute atomic E-state index is 0.350. The molecule has 0 saturated carbocycles. The molecule has 0 fully saturated rings. The molecule has 2 heterocycles. The summed E-state index contributed by atoms with van der Waals surface area (Å²) in [6.07, 6.45) is -0.704. The van der Waals surface area contributed by atoms with Gasteiger partial charge in [0.1, 0.15) is 5.82 Å². The number of hydrogen-bond donors (Lipinski definition) is 0. The Balaban J connectivity index is 1.78. The molecule has 0 bridgehead atoms. The van der Waals surface area contributed by atoms with Gasteiger partial charge in [0, 0.05) is 12.8 Å². The van der Waals surface area contributed by atoms with E-state index in [1.54, 1.807) is 0 Å². The van der Waals surface area contributed by atoms with Crippen LogP contribution in [0.5, 0.6) is 0 Å². The minimum atomic E-state index is -4.29. The lowest BCUT2D eigenvalue weighted by molar-refractivity contribution is -0.137. The zero-order chi connectivity index (χ0) is 15.0. The molecule has 1 aromatic carbocycles. The predicted octanol–water partition coefficient (Wildman–Crippen LogP) is 3.79. The molecule has 3 rings (SSSR count). The van der Waals surface area contributed by atoms with Gasteiger partial charge in [-0.25, -0.2) is 9.67 Å². The fourth-order valence-corrected chi connectivity index (χ4v) is 2.67. The van der Waals surface area contributed by atoms with Crippen molar-refractivity contribution >= 4 is 0 Å². The van der Waals surface area contributed by atoms with E-state index in [9.17, 15) is 13.2 Å². The molecule has 0 saturated heterocycles. The Morgan fingerprint density at radius 2 is 1.95 bits per heavy atom. The summed E-state index contributed by atoms with van der Waals surface area (Å²) < 4.78 is 39.5. The maximum Gasteiger partial charge on any atom is 0.416 e. The van der Waals surface area contributed by atoms with Crippen LogP contribution in [0.25, 0.3) is 0 Å². The summed E-state index contributed by atoms with van der Waals surface area (Å²) in [5, 5.41) is 4.48. The lowest BCUT2D eigenvalue weighted by atomic mass is 10.1. The first kappa shape index (κ1) is 14.1. The Labute approximate surface area is 120 Å². The van der Waals surface area contributed by atoms with E-state index in [1.165, 1.54) is 12.1 Å². The van der Waals surface area contributed by atoms with Crippen molar-refractivity contribution in [1.29, 1.82) is 0 Å². The van der Waals surface area contributed by atoms with Crippen LogP contribution in [0.3, 0.4) is 0 Å². The Bertz CT molecular complexity index is 629. The molecule has 0 amide bonds. The van der Waals surface area contributed by atoms with Crippen molar-refractivity contribution in [2.75, 3.05) is 0 Å². The highest BCUT2D eigenvalue weighted by Gasteiger charge is 2.30. The summed E-state index contributed by atoms with van der Waals surface area (Å²) in [5.74, 6) is 1.66. The molecule has 3 nitrogen and oxygen atoms in total. The van der Waals surface area contributed by atoms with Crippen LogP contribution in [-0.2, 0) is 19.0 Å². The average molecular weight is 295 g/mol. The molecule has 112 valence electrons. The summed E-state index contributed by atoms with van der Waals surface area (Å²) in [5.41, 5.74) is 0.163. The lowest BCUT2D eigenvalue weighted by Gasteiger charge is -2.18. The standard InChI is InChI=1S/C15H16F3N3/c1-10-3-2-4-14-19-13(20-21(10)14)9-11-5-7-12(8-6-11)15(16,17)18/h5-8,10H,2-4,9H2,1H3. The van der Waals surface area contributed by atoms with E-state index in [-0.39, 0.29) is 0 Å². The second-order valence-electron chi connectivity index (χ2n) is 5.50. The van der Waals surface area contributed by atoms with Crippen molar-refractivity contribution in [2.45, 2.75) is 44.8 Å². The molecule has 0 radical (unpaired) electrons. The normalized spacial score (nSPS) is 18.6. The van der Waals surface area contributed by atoms with Gasteiger partial charge in [0.15, 0.2) is 5.82 Å². The summed E-state index contributed by atoms with van der Waals surface area (Å²) in [4.78, 5) is 4.50. The van der Waals surface area contributed by atoms with Crippen LogP contribution in [0.1, 0.15) is 48.6 Å². The summed E-state index contributed by atoms with van der Waals surface area (Å²) in [6.45, 7) is 2.11. The number of benzene rings is 1. The second-order valence-corrected chi connectivity index (χ2v) is 5.50. The first-order valence-electron chi connectivity index (χ1n) is 7.04. The SMILES string of the molecule is CC1CCCc2nc(Cc3ccc(C(F)(F)F)cc3)nn21. The molecule has 2 aromatic rings. The number of aromatic nitrogens is 3. The lowest BCUT2D eigenvalue weighted by Crippen LogP contribution is -2.16. The van der Waals surface area contributed by atoms with Crippen LogP contribution in [0, 0.1) is 0 Å². The molecule has 1 atom stereocenters. The van der Waals surface area contributed by atoms with Gasteiger partial charge in [-0.05, 0) is 37.5 Å². The summed E-state index contributed by atoms with van der Waals surface area (Å²) in [6, 6.07) is 5.54. The molecule has 1 aromatic heterocycles. The highest BCUT2D eigenvalue weighted by Crippen LogP contribution is 2.29. The van der Waals surface area contributed by atoms with Gasteiger partial charge in [-0.3, -0.25) is 0 Å². The number of nitrogens with zero attached hydrogens (tertiary/aromatic N) is 3. The highest BCUT2D eigenvalue weighted by molar-refractivity contribution is 5.26. The van der Waals surface area contributed by atoms with Crippen molar-refractivity contribution in [3.63, 3.8) is 0 Å². The van der Waals surface area contributed by atoms with E-state index in [0.717, 1.165) is 42.8 Å². The number of alkyl halides is 3. The van der Waals surface area contributed by atoms with Crippen molar-refractivity contribution < 1.29 is 13.2 Å². The van der Waals surface area contributed by atoms with Gasteiger partial charge in [-0.1, -0.05) is 12.1 Å². The molecule has 1 aliphatic rings. The third-order valence-corrected chi connectivity index (χ3v) is 3.83. The van der Waals surface area contributed by atoms with Crippen LogP contribution in [0.2, 0.25) is 0 Å². The van der Waals surface area contributed by atoms with Crippen LogP contribution < -0.4 is 0 Å². The van der Waals surface area contributed by atoms with Gasteiger partial charge >= 0.3 is 6.18 Å². The monoisotopic (exact) mass is 295 g/mol. The molecule has 1 unspecified atom stereocenters. The fraction of sp³-hybridized carbons (Fsp3) is 0.467. The minimum Gasteiger partial charge on any atom is -0.247 e. The first-order valence-corrected chi connectivity index (χ1v) is 7.04. The third kappa shape index (κ3) is 2.94. The maximum atomic E-state index is 12.5. The predicted molar refractivity (Wildman–Crippen MR) is 71.9 cm³/mol. The zero-order valence-corrected chi connectivity index (χ0v) is 11.7. The van der Waals surface area contributed by atoms with Crippen molar-refractivity contribution in [3.05, 3.63) is 47.0 Å². The third-order valence-electron chi connectivity index (χ3n) is 3.83. The zero-order valence-electron chi connectivity index (χ0n) is 11.7. The second kappa shape index (κ2) is 5.16. The number of rotatable bonds is 2. The Morgan fingerprint density at radius 3 is 2.57 bits per heavy atom. The number of fused-ring (bicyclic) bond motifs is 1. The smallest absolute Gasteiger partial charge is 0.247 e. The van der Waals surface area contributed by atoms with Gasteiger partial charge in [0.2, 0.25) is 0 Å². The van der Waals surface area contributed by atoms with E-state index in [1.807, 2.05) is 4.68 Å². The average Bonchev–Trinajstić information content (AvgIpc) is 2.82. The Kier molecular flexibility index (Phi) is 3.47. The maximum absolute atomic E-state index is 12.5. The van der Waals surface area contributed by atoms with Gasteiger partial charge in [0.25, 0.3) is 0 Å². The molecular formula is C15H16F3N3. The van der Waals surface area contributed by atoms with E-state index in [0.29, 0.717) is 18.3 Å². The van der Waals surface area contributed by atoms with Crippen molar-refractivity contribution in [2.24, 2.45) is 0 Å². The molecule has 6 heteroatoms. The van der Waals surface area contributed by atoms with Gasteiger partial charge < -0.3 is 0 Å². The van der Waals surface area contributed by atoms with Crippen LogP contribution in [-0.4, -0.2) is 14.8 Å². The highest BCUT2D eigenvalue weighted by atomic mass is 19.4.